The number of amides is 1. The molecule has 50 heavy (non-hydrogen) atoms. The lowest BCUT2D eigenvalue weighted by atomic mass is 10.1. The molecule has 0 aromatic carbocycles. The third-order valence-electron chi connectivity index (χ3n) is 8.55. The van der Waals surface area contributed by atoms with Gasteiger partial charge in [0.25, 0.3) is 0 Å². The van der Waals surface area contributed by atoms with Crippen LogP contribution in [0.3, 0.4) is 0 Å². The highest BCUT2D eigenvalue weighted by Crippen LogP contribution is 2.15. The minimum Gasteiger partial charge on any atom is -0.480 e. The van der Waals surface area contributed by atoms with Gasteiger partial charge >= 0.3 is 11.9 Å². The molecule has 7 nitrogen and oxygen atoms in total. The van der Waals surface area contributed by atoms with E-state index in [1.807, 2.05) is 0 Å². The van der Waals surface area contributed by atoms with Gasteiger partial charge in [0.2, 0.25) is 5.91 Å². The van der Waals surface area contributed by atoms with E-state index in [9.17, 15) is 19.5 Å². The van der Waals surface area contributed by atoms with E-state index < -0.39 is 12.0 Å². The maximum absolute atomic E-state index is 12.7. The van der Waals surface area contributed by atoms with Crippen molar-refractivity contribution in [3.05, 3.63) is 60.8 Å². The Morgan fingerprint density at radius 3 is 1.78 bits per heavy atom. The van der Waals surface area contributed by atoms with E-state index in [1.54, 1.807) is 0 Å². The molecule has 4 N–H and O–H groups in total. The standard InChI is InChI=1S/C43H74N2O5/c1-3-5-7-9-11-12-13-14-15-16-17-18-19-20-21-22-23-25-31-37-42(47)50-39(33-28-24-10-8-6-4-2)34-29-26-27-30-36-41(46)45-40(43(48)49)35-32-38-44/h5,7,11-12,14-15,17-18,28,33,39-40H,3-4,6,8-10,13,16,19-27,29-32,34-38,44H2,1-2H3,(H,45,46)(H,48,49)/b7-5-,12-11-,15-14-,18-17-,33-28-. The van der Waals surface area contributed by atoms with E-state index in [1.165, 1.54) is 38.5 Å². The van der Waals surface area contributed by atoms with Gasteiger partial charge in [-0.25, -0.2) is 4.79 Å². The van der Waals surface area contributed by atoms with Gasteiger partial charge in [-0.1, -0.05) is 126 Å². The van der Waals surface area contributed by atoms with E-state index in [-0.39, 0.29) is 18.0 Å². The summed E-state index contributed by atoms with van der Waals surface area (Å²) in [5.41, 5.74) is 5.47. The second kappa shape index (κ2) is 37.3. The van der Waals surface area contributed by atoms with E-state index in [0.29, 0.717) is 38.6 Å². The van der Waals surface area contributed by atoms with Crippen LogP contribution < -0.4 is 11.1 Å². The third kappa shape index (κ3) is 33.6. The van der Waals surface area contributed by atoms with Gasteiger partial charge in [-0.3, -0.25) is 9.59 Å². The third-order valence-corrected chi connectivity index (χ3v) is 8.55. The summed E-state index contributed by atoms with van der Waals surface area (Å²) in [6.45, 7) is 4.77. The van der Waals surface area contributed by atoms with Crippen molar-refractivity contribution in [3.63, 3.8) is 0 Å². The van der Waals surface area contributed by atoms with Crippen LogP contribution in [0.15, 0.2) is 60.8 Å². The molecule has 7 heteroatoms. The summed E-state index contributed by atoms with van der Waals surface area (Å²) >= 11 is 0. The molecule has 0 aromatic heterocycles. The largest absolute Gasteiger partial charge is 0.480 e. The molecular formula is C43H74N2O5. The van der Waals surface area contributed by atoms with Crippen LogP contribution in [0.25, 0.3) is 0 Å². The van der Waals surface area contributed by atoms with Crippen LogP contribution in [0, 0.1) is 0 Å². The molecule has 0 aliphatic heterocycles. The zero-order chi connectivity index (χ0) is 36.8. The second-order valence-electron chi connectivity index (χ2n) is 13.3. The number of unbranched alkanes of at least 4 members (excludes halogenated alkanes) is 13. The maximum Gasteiger partial charge on any atom is 0.326 e. The van der Waals surface area contributed by atoms with Crippen molar-refractivity contribution in [3.8, 4) is 0 Å². The fourth-order valence-corrected chi connectivity index (χ4v) is 5.53. The number of nitrogens with one attached hydrogen (secondary N) is 1. The smallest absolute Gasteiger partial charge is 0.326 e. The Kier molecular flexibility index (Phi) is 35.1. The Labute approximate surface area is 306 Å². The van der Waals surface area contributed by atoms with Crippen LogP contribution in [-0.2, 0) is 19.1 Å². The molecule has 0 bridgehead atoms. The molecule has 286 valence electrons. The van der Waals surface area contributed by atoms with Gasteiger partial charge in [0.1, 0.15) is 12.1 Å². The van der Waals surface area contributed by atoms with Gasteiger partial charge in [0.05, 0.1) is 0 Å². The molecule has 2 atom stereocenters. The van der Waals surface area contributed by atoms with E-state index in [0.717, 1.165) is 89.9 Å². The molecule has 0 heterocycles. The number of carbonyl (C=O) groups is 3. The zero-order valence-electron chi connectivity index (χ0n) is 32.0. The average Bonchev–Trinajstić information content (AvgIpc) is 3.10. The number of carbonyl (C=O) groups excluding carboxylic acids is 2. The van der Waals surface area contributed by atoms with E-state index >= 15 is 0 Å². The Bertz CT molecular complexity index is 968. The number of esters is 1. The summed E-state index contributed by atoms with van der Waals surface area (Å²) in [4.78, 5) is 36.2. The molecule has 0 aliphatic rings. The molecule has 0 saturated heterocycles. The topological polar surface area (TPSA) is 119 Å². The van der Waals surface area contributed by atoms with Crippen LogP contribution in [0.4, 0.5) is 0 Å². The molecule has 2 unspecified atom stereocenters. The average molecular weight is 699 g/mol. The predicted molar refractivity (Wildman–Crippen MR) is 211 cm³/mol. The Hall–Kier alpha value is -2.93. The van der Waals surface area contributed by atoms with Gasteiger partial charge in [-0.15, -0.1) is 0 Å². The van der Waals surface area contributed by atoms with E-state index in [2.05, 4.69) is 79.9 Å². The monoisotopic (exact) mass is 699 g/mol. The number of aliphatic carboxylic acids is 1. The van der Waals surface area contributed by atoms with E-state index in [4.69, 9.17) is 10.5 Å². The first kappa shape index (κ1) is 47.1. The van der Waals surface area contributed by atoms with Gasteiger partial charge in [-0.05, 0) is 103 Å². The van der Waals surface area contributed by atoms with Crippen molar-refractivity contribution in [2.24, 2.45) is 5.73 Å². The highest BCUT2D eigenvalue weighted by Gasteiger charge is 2.19. The van der Waals surface area contributed by atoms with Crippen molar-refractivity contribution in [2.75, 3.05) is 6.54 Å². The fourth-order valence-electron chi connectivity index (χ4n) is 5.53. The first-order valence-corrected chi connectivity index (χ1v) is 20.1. The molecule has 0 saturated carbocycles. The number of allylic oxidation sites excluding steroid dienone is 9. The number of nitrogens with two attached hydrogens (primary N) is 1. The summed E-state index contributed by atoms with van der Waals surface area (Å²) in [6, 6.07) is -0.873. The maximum atomic E-state index is 12.7. The zero-order valence-corrected chi connectivity index (χ0v) is 32.0. The molecule has 0 aliphatic carbocycles. The van der Waals surface area contributed by atoms with Crippen LogP contribution in [0.5, 0.6) is 0 Å². The van der Waals surface area contributed by atoms with Crippen molar-refractivity contribution in [1.82, 2.24) is 5.32 Å². The minimum absolute atomic E-state index is 0.107. The number of ether oxygens (including phenoxy) is 1. The fraction of sp³-hybridized carbons (Fsp3) is 0.698. The second-order valence-corrected chi connectivity index (χ2v) is 13.3. The summed E-state index contributed by atoms with van der Waals surface area (Å²) in [6.07, 6.45) is 45.7. The van der Waals surface area contributed by atoms with Crippen molar-refractivity contribution >= 4 is 17.8 Å². The van der Waals surface area contributed by atoms with Crippen LogP contribution >= 0.6 is 0 Å². The summed E-state index contributed by atoms with van der Waals surface area (Å²) in [5, 5.41) is 11.9. The van der Waals surface area contributed by atoms with Gasteiger partial charge in [0, 0.05) is 12.8 Å². The normalized spacial score (nSPS) is 13.3. The van der Waals surface area contributed by atoms with Gasteiger partial charge in [-0.2, -0.15) is 0 Å². The number of carboxylic acid groups (broad SMARTS) is 1. The first-order valence-electron chi connectivity index (χ1n) is 20.1. The van der Waals surface area contributed by atoms with Crippen LogP contribution in [-0.4, -0.2) is 41.6 Å². The molecule has 0 rings (SSSR count). The summed E-state index contributed by atoms with van der Waals surface area (Å²) in [5.74, 6) is -1.35. The molecular weight excluding hydrogens is 624 g/mol. The number of rotatable bonds is 35. The molecule has 1 amide bonds. The number of hydrogen-bond donors (Lipinski definition) is 3. The first-order chi connectivity index (χ1) is 24.4. The summed E-state index contributed by atoms with van der Waals surface area (Å²) < 4.78 is 5.89. The van der Waals surface area contributed by atoms with Crippen LogP contribution in [0.2, 0.25) is 0 Å². The Morgan fingerprint density at radius 2 is 1.16 bits per heavy atom. The lowest BCUT2D eigenvalue weighted by molar-refractivity contribution is -0.147. The lowest BCUT2D eigenvalue weighted by Crippen LogP contribution is -2.40. The van der Waals surface area contributed by atoms with Crippen molar-refractivity contribution in [1.29, 1.82) is 0 Å². The highest BCUT2D eigenvalue weighted by atomic mass is 16.5. The number of carboxylic acids is 1. The van der Waals surface area contributed by atoms with Gasteiger partial charge in [0.15, 0.2) is 0 Å². The Balaban J connectivity index is 4.19. The van der Waals surface area contributed by atoms with Crippen LogP contribution in [0.1, 0.15) is 174 Å². The number of hydrogen-bond acceptors (Lipinski definition) is 5. The quantitative estimate of drug-likeness (QED) is 0.0344. The van der Waals surface area contributed by atoms with Crippen molar-refractivity contribution in [2.45, 2.75) is 187 Å². The molecule has 0 fully saturated rings. The molecule has 0 spiro atoms. The SMILES string of the molecule is CC/C=C\C/C=C\C/C=C\C/C=C\CCCCCCCCC(=O)OC(/C=C\CCCCCC)CCCCCCC(=O)NC(CCCN)C(=O)O. The highest BCUT2D eigenvalue weighted by molar-refractivity contribution is 5.83. The minimum atomic E-state index is -1.02. The predicted octanol–water partition coefficient (Wildman–Crippen LogP) is 11.0. The molecule has 0 aromatic rings. The van der Waals surface area contributed by atoms with Crippen molar-refractivity contribution < 1.29 is 24.2 Å². The summed E-state index contributed by atoms with van der Waals surface area (Å²) in [7, 11) is 0. The Morgan fingerprint density at radius 1 is 0.620 bits per heavy atom. The lowest BCUT2D eigenvalue weighted by Gasteiger charge is -2.15. The molecule has 0 radical (unpaired) electrons. The van der Waals surface area contributed by atoms with Gasteiger partial charge < -0.3 is 20.9 Å².